The summed E-state index contributed by atoms with van der Waals surface area (Å²) >= 11 is 9.91. The van der Waals surface area contributed by atoms with Crippen LogP contribution in [-0.2, 0) is 5.88 Å². The summed E-state index contributed by atoms with van der Waals surface area (Å²) in [6.45, 7) is 0. The lowest BCUT2D eigenvalue weighted by Gasteiger charge is -1.99. The smallest absolute Gasteiger partial charge is 0.141 e. The second-order valence-electron chi connectivity index (χ2n) is 2.81. The Balaban J connectivity index is 2.79. The van der Waals surface area contributed by atoms with Crippen molar-refractivity contribution in [3.63, 3.8) is 0 Å². The van der Waals surface area contributed by atoms with Gasteiger partial charge in [-0.2, -0.15) is 0 Å². The molecule has 0 N–H and O–H groups in total. The van der Waals surface area contributed by atoms with Crippen molar-refractivity contribution in [2.45, 2.75) is 5.88 Å². The Morgan fingerprint density at radius 3 is 2.93 bits per heavy atom. The summed E-state index contributed by atoms with van der Waals surface area (Å²) in [4.78, 5) is 1.10. The van der Waals surface area contributed by atoms with Crippen molar-refractivity contribution in [3.8, 4) is 5.75 Å². The number of ether oxygens (including phenoxy) is 1. The van der Waals surface area contributed by atoms with Crippen LogP contribution in [0, 0.1) is 3.57 Å². The normalized spacial score (nSPS) is 10.8. The average molecular weight is 339 g/mol. The zero-order valence-electron chi connectivity index (χ0n) is 7.51. The summed E-state index contributed by atoms with van der Waals surface area (Å²) in [5, 5.41) is 1.17. The van der Waals surface area contributed by atoms with Crippen molar-refractivity contribution in [1.82, 2.24) is 0 Å². The fourth-order valence-corrected chi connectivity index (χ4v) is 3.56. The van der Waals surface area contributed by atoms with Crippen molar-refractivity contribution in [1.29, 1.82) is 0 Å². The molecular formula is C10H8ClIOS. The first-order chi connectivity index (χ1) is 6.77. The molecule has 0 saturated heterocycles. The van der Waals surface area contributed by atoms with Gasteiger partial charge in [0.15, 0.2) is 0 Å². The highest BCUT2D eigenvalue weighted by Crippen LogP contribution is 2.40. The second-order valence-corrected chi connectivity index (χ2v) is 5.34. The molecule has 14 heavy (non-hydrogen) atoms. The number of fused-ring (bicyclic) bond motifs is 1. The lowest BCUT2D eigenvalue weighted by molar-refractivity contribution is 0.418. The van der Waals surface area contributed by atoms with Crippen LogP contribution in [0.2, 0.25) is 0 Å². The molecule has 0 radical (unpaired) electrons. The van der Waals surface area contributed by atoms with Crippen LogP contribution < -0.4 is 4.74 Å². The zero-order chi connectivity index (χ0) is 10.1. The van der Waals surface area contributed by atoms with Gasteiger partial charge in [-0.05, 0) is 34.7 Å². The highest BCUT2D eigenvalue weighted by atomic mass is 127. The number of hydrogen-bond donors (Lipinski definition) is 0. The highest BCUT2D eigenvalue weighted by molar-refractivity contribution is 14.1. The molecule has 0 aliphatic rings. The van der Waals surface area contributed by atoms with Crippen LogP contribution >= 0.6 is 45.5 Å². The SMILES string of the molecule is COc1c(CCl)sc2c(I)cccc12. The van der Waals surface area contributed by atoms with Gasteiger partial charge in [-0.3, -0.25) is 0 Å². The van der Waals surface area contributed by atoms with E-state index in [-0.39, 0.29) is 0 Å². The molecule has 2 rings (SSSR count). The van der Waals surface area contributed by atoms with E-state index in [4.69, 9.17) is 16.3 Å². The van der Waals surface area contributed by atoms with E-state index in [2.05, 4.69) is 34.7 Å². The number of methoxy groups -OCH3 is 1. The lowest BCUT2D eigenvalue weighted by Crippen LogP contribution is -1.83. The molecular weight excluding hydrogens is 331 g/mol. The predicted octanol–water partition coefficient (Wildman–Crippen LogP) is 4.25. The molecule has 2 aromatic rings. The fraction of sp³-hybridized carbons (Fsp3) is 0.200. The molecule has 0 spiro atoms. The molecule has 0 aliphatic heterocycles. The number of alkyl halides is 1. The zero-order valence-corrected chi connectivity index (χ0v) is 11.2. The minimum Gasteiger partial charge on any atom is -0.495 e. The molecule has 0 atom stereocenters. The number of halogens is 2. The summed E-state index contributed by atoms with van der Waals surface area (Å²) in [5.74, 6) is 1.44. The van der Waals surface area contributed by atoms with Crippen molar-refractivity contribution < 1.29 is 4.74 Å². The fourth-order valence-electron chi connectivity index (χ4n) is 1.42. The Labute approximate surface area is 105 Å². The summed E-state index contributed by atoms with van der Waals surface area (Å²) < 4.78 is 7.88. The van der Waals surface area contributed by atoms with E-state index in [0.717, 1.165) is 10.6 Å². The van der Waals surface area contributed by atoms with E-state index in [0.29, 0.717) is 5.88 Å². The first-order valence-corrected chi connectivity index (χ1v) is 6.50. The molecule has 4 heteroatoms. The maximum absolute atomic E-state index is 5.86. The molecule has 1 nitrogen and oxygen atoms in total. The van der Waals surface area contributed by atoms with E-state index < -0.39 is 0 Å². The Bertz CT molecular complexity index is 466. The van der Waals surface area contributed by atoms with Crippen molar-refractivity contribution in [2.75, 3.05) is 7.11 Å². The molecule has 1 heterocycles. The largest absolute Gasteiger partial charge is 0.495 e. The van der Waals surface area contributed by atoms with E-state index >= 15 is 0 Å². The number of thiophene rings is 1. The Kier molecular flexibility index (Phi) is 3.19. The molecule has 0 saturated carbocycles. The standard InChI is InChI=1S/C10H8ClIOS/c1-13-9-6-3-2-4-7(12)10(6)14-8(9)5-11/h2-4H,5H2,1H3. The Morgan fingerprint density at radius 1 is 1.50 bits per heavy atom. The Hall–Kier alpha value is -0.000000000000000111. The third kappa shape index (κ3) is 1.61. The molecule has 0 unspecified atom stereocenters. The molecule has 0 amide bonds. The highest BCUT2D eigenvalue weighted by Gasteiger charge is 2.13. The van der Waals surface area contributed by atoms with Crippen LogP contribution in [0.3, 0.4) is 0 Å². The van der Waals surface area contributed by atoms with Gasteiger partial charge in [0.05, 0.1) is 22.6 Å². The summed E-state index contributed by atoms with van der Waals surface area (Å²) in [7, 11) is 1.69. The monoisotopic (exact) mass is 338 g/mol. The first kappa shape index (κ1) is 10.5. The van der Waals surface area contributed by atoms with Gasteiger partial charge in [-0.15, -0.1) is 22.9 Å². The Morgan fingerprint density at radius 2 is 2.29 bits per heavy atom. The lowest BCUT2D eigenvalue weighted by atomic mass is 10.2. The van der Waals surface area contributed by atoms with Gasteiger partial charge in [0.25, 0.3) is 0 Å². The average Bonchev–Trinajstić information content (AvgIpc) is 2.57. The number of rotatable bonds is 2. The third-order valence-corrected chi connectivity index (χ3v) is 4.93. The van der Waals surface area contributed by atoms with Crippen LogP contribution in [0.4, 0.5) is 0 Å². The molecule has 74 valence electrons. The maximum atomic E-state index is 5.86. The van der Waals surface area contributed by atoms with Crippen molar-refractivity contribution in [2.24, 2.45) is 0 Å². The van der Waals surface area contributed by atoms with Gasteiger partial charge in [-0.1, -0.05) is 6.07 Å². The van der Waals surface area contributed by atoms with Gasteiger partial charge in [0.2, 0.25) is 0 Å². The molecule has 0 fully saturated rings. The number of hydrogen-bond acceptors (Lipinski definition) is 2. The van der Waals surface area contributed by atoms with E-state index in [1.165, 1.54) is 13.7 Å². The molecule has 1 aromatic carbocycles. The third-order valence-electron chi connectivity index (χ3n) is 2.02. The summed E-state index contributed by atoms with van der Waals surface area (Å²) in [5.41, 5.74) is 0. The van der Waals surface area contributed by atoms with Gasteiger partial charge < -0.3 is 4.74 Å². The second kappa shape index (κ2) is 4.24. The van der Waals surface area contributed by atoms with Crippen LogP contribution in [0.15, 0.2) is 18.2 Å². The van der Waals surface area contributed by atoms with Crippen LogP contribution in [0.5, 0.6) is 5.75 Å². The summed E-state index contributed by atoms with van der Waals surface area (Å²) in [6, 6.07) is 6.21. The minimum atomic E-state index is 0.513. The van der Waals surface area contributed by atoms with Crippen LogP contribution in [-0.4, -0.2) is 7.11 Å². The quantitative estimate of drug-likeness (QED) is 0.587. The topological polar surface area (TPSA) is 9.23 Å². The molecule has 0 bridgehead atoms. The van der Waals surface area contributed by atoms with Gasteiger partial charge in [-0.25, -0.2) is 0 Å². The number of benzene rings is 1. The molecule has 1 aromatic heterocycles. The minimum absolute atomic E-state index is 0.513. The van der Waals surface area contributed by atoms with Crippen molar-refractivity contribution >= 4 is 55.6 Å². The van der Waals surface area contributed by atoms with Gasteiger partial charge >= 0.3 is 0 Å². The van der Waals surface area contributed by atoms with Gasteiger partial charge in [0.1, 0.15) is 5.75 Å². The van der Waals surface area contributed by atoms with Crippen LogP contribution in [0.25, 0.3) is 10.1 Å². The molecule has 0 aliphatic carbocycles. The van der Waals surface area contributed by atoms with Crippen molar-refractivity contribution in [3.05, 3.63) is 26.6 Å². The predicted molar refractivity (Wildman–Crippen MR) is 70.7 cm³/mol. The van der Waals surface area contributed by atoms with Gasteiger partial charge in [0, 0.05) is 8.96 Å². The first-order valence-electron chi connectivity index (χ1n) is 4.07. The summed E-state index contributed by atoms with van der Waals surface area (Å²) in [6.07, 6.45) is 0. The van der Waals surface area contributed by atoms with Crippen LogP contribution in [0.1, 0.15) is 4.88 Å². The van der Waals surface area contributed by atoms with E-state index in [1.54, 1.807) is 18.4 Å². The van der Waals surface area contributed by atoms with E-state index in [9.17, 15) is 0 Å². The van der Waals surface area contributed by atoms with E-state index in [1.807, 2.05) is 6.07 Å². The maximum Gasteiger partial charge on any atom is 0.141 e.